The highest BCUT2D eigenvalue weighted by molar-refractivity contribution is 5.54. The number of ether oxygens (including phenoxy) is 2. The van der Waals surface area contributed by atoms with Crippen LogP contribution in [0.2, 0.25) is 0 Å². The van der Waals surface area contributed by atoms with Gasteiger partial charge < -0.3 is 15.2 Å². The Kier molecular flexibility index (Phi) is 3.61. The normalized spacial score (nSPS) is 14.3. The van der Waals surface area contributed by atoms with E-state index >= 15 is 0 Å². The molecule has 0 fully saturated rings. The van der Waals surface area contributed by atoms with Gasteiger partial charge in [0.1, 0.15) is 0 Å². The molecule has 1 heterocycles. The van der Waals surface area contributed by atoms with Crippen LogP contribution in [0.4, 0.5) is 0 Å². The first-order chi connectivity index (χ1) is 10.4. The third-order valence-electron chi connectivity index (χ3n) is 5.12. The molecule has 2 aromatic rings. The average Bonchev–Trinajstić information content (AvgIpc) is 2.98. The average molecular weight is 297 g/mol. The van der Waals surface area contributed by atoms with Crippen LogP contribution in [-0.2, 0) is 0 Å². The number of benzene rings is 2. The topological polar surface area (TPSA) is 44.5 Å². The summed E-state index contributed by atoms with van der Waals surface area (Å²) in [4.78, 5) is 0. The van der Waals surface area contributed by atoms with E-state index in [1.165, 1.54) is 33.4 Å². The Hall–Kier alpha value is -2.00. The van der Waals surface area contributed by atoms with Crippen molar-refractivity contribution in [3.05, 3.63) is 57.1 Å². The fourth-order valence-electron chi connectivity index (χ4n) is 3.27. The molecule has 3 rings (SSSR count). The van der Waals surface area contributed by atoms with Crippen molar-refractivity contribution in [3.63, 3.8) is 0 Å². The molecule has 0 spiro atoms. The van der Waals surface area contributed by atoms with Gasteiger partial charge in [0, 0.05) is 0 Å². The fraction of sp³-hybridized carbons (Fsp3) is 0.368. The molecule has 0 saturated heterocycles. The van der Waals surface area contributed by atoms with Crippen LogP contribution in [0.5, 0.6) is 11.5 Å². The molecule has 0 aromatic heterocycles. The lowest BCUT2D eigenvalue weighted by molar-refractivity contribution is 0.174. The van der Waals surface area contributed by atoms with E-state index in [0.717, 1.165) is 17.1 Å². The van der Waals surface area contributed by atoms with Crippen molar-refractivity contribution in [3.8, 4) is 11.5 Å². The fourth-order valence-corrected chi connectivity index (χ4v) is 3.27. The summed E-state index contributed by atoms with van der Waals surface area (Å²) in [6, 6.07) is 5.81. The second-order valence-corrected chi connectivity index (χ2v) is 6.13. The minimum absolute atomic E-state index is 0.160. The molecule has 0 amide bonds. The second-order valence-electron chi connectivity index (χ2n) is 6.13. The molecule has 1 atom stereocenters. The van der Waals surface area contributed by atoms with Gasteiger partial charge in [0.05, 0.1) is 6.04 Å². The number of fused-ring (bicyclic) bond motifs is 1. The highest BCUT2D eigenvalue weighted by Gasteiger charge is 2.21. The van der Waals surface area contributed by atoms with Crippen molar-refractivity contribution >= 4 is 0 Å². The monoisotopic (exact) mass is 297 g/mol. The molecule has 1 aliphatic rings. The minimum Gasteiger partial charge on any atom is -0.454 e. The van der Waals surface area contributed by atoms with Crippen LogP contribution in [0.3, 0.4) is 0 Å². The molecule has 22 heavy (non-hydrogen) atoms. The van der Waals surface area contributed by atoms with Gasteiger partial charge >= 0.3 is 0 Å². The predicted molar refractivity (Wildman–Crippen MR) is 88.7 cm³/mol. The second kappa shape index (κ2) is 5.33. The molecule has 2 aromatic carbocycles. The van der Waals surface area contributed by atoms with Crippen molar-refractivity contribution in [2.24, 2.45) is 5.73 Å². The van der Waals surface area contributed by atoms with E-state index in [-0.39, 0.29) is 12.8 Å². The van der Waals surface area contributed by atoms with Crippen molar-refractivity contribution in [1.82, 2.24) is 0 Å². The molecule has 2 N–H and O–H groups in total. The van der Waals surface area contributed by atoms with Gasteiger partial charge in [-0.2, -0.15) is 0 Å². The van der Waals surface area contributed by atoms with E-state index < -0.39 is 0 Å². The summed E-state index contributed by atoms with van der Waals surface area (Å²) in [6.07, 6.45) is 0. The molecule has 0 bridgehead atoms. The molecule has 3 nitrogen and oxygen atoms in total. The largest absolute Gasteiger partial charge is 0.454 e. The maximum Gasteiger partial charge on any atom is 0.231 e. The van der Waals surface area contributed by atoms with E-state index in [1.54, 1.807) is 0 Å². The van der Waals surface area contributed by atoms with Crippen molar-refractivity contribution in [2.45, 2.75) is 40.7 Å². The summed E-state index contributed by atoms with van der Waals surface area (Å²) in [7, 11) is 0. The van der Waals surface area contributed by atoms with Gasteiger partial charge in [0.25, 0.3) is 0 Å². The van der Waals surface area contributed by atoms with E-state index in [0.29, 0.717) is 0 Å². The van der Waals surface area contributed by atoms with Crippen molar-refractivity contribution in [1.29, 1.82) is 0 Å². The predicted octanol–water partition coefficient (Wildman–Crippen LogP) is 4.01. The molecular formula is C19H23NO2. The summed E-state index contributed by atoms with van der Waals surface area (Å²) < 4.78 is 10.9. The molecule has 0 radical (unpaired) electrons. The van der Waals surface area contributed by atoms with Crippen LogP contribution in [-0.4, -0.2) is 6.79 Å². The Morgan fingerprint density at radius 3 is 2.00 bits per heavy atom. The smallest absolute Gasteiger partial charge is 0.231 e. The van der Waals surface area contributed by atoms with Gasteiger partial charge in [0.2, 0.25) is 6.79 Å². The highest BCUT2D eigenvalue weighted by Crippen LogP contribution is 2.37. The van der Waals surface area contributed by atoms with Gasteiger partial charge in [-0.25, -0.2) is 0 Å². The molecule has 116 valence electrons. The van der Waals surface area contributed by atoms with Crippen LogP contribution in [0.1, 0.15) is 45.0 Å². The maximum absolute atomic E-state index is 6.60. The third-order valence-corrected chi connectivity index (χ3v) is 5.12. The zero-order valence-electron chi connectivity index (χ0n) is 13.9. The van der Waals surface area contributed by atoms with E-state index in [1.807, 2.05) is 18.2 Å². The molecule has 0 aliphatic carbocycles. The lowest BCUT2D eigenvalue weighted by Gasteiger charge is -2.23. The van der Waals surface area contributed by atoms with Gasteiger partial charge in [-0.1, -0.05) is 6.07 Å². The first-order valence-electron chi connectivity index (χ1n) is 7.63. The lowest BCUT2D eigenvalue weighted by Crippen LogP contribution is -2.17. The minimum atomic E-state index is -0.160. The molecule has 1 aliphatic heterocycles. The zero-order chi connectivity index (χ0) is 16.0. The van der Waals surface area contributed by atoms with Crippen molar-refractivity contribution < 1.29 is 9.47 Å². The molecular weight excluding hydrogens is 274 g/mol. The van der Waals surface area contributed by atoms with Gasteiger partial charge in [-0.3, -0.25) is 0 Å². The zero-order valence-corrected chi connectivity index (χ0v) is 13.9. The summed E-state index contributed by atoms with van der Waals surface area (Å²) in [5.74, 6) is 1.57. The van der Waals surface area contributed by atoms with E-state index in [4.69, 9.17) is 15.2 Å². The lowest BCUT2D eigenvalue weighted by atomic mass is 9.84. The number of hydrogen-bond acceptors (Lipinski definition) is 3. The molecule has 0 saturated carbocycles. The molecule has 1 unspecified atom stereocenters. The van der Waals surface area contributed by atoms with Crippen molar-refractivity contribution in [2.75, 3.05) is 6.79 Å². The SMILES string of the molecule is Cc1c(C)c(C)c(C(N)c2ccc3c(c2)OCO3)c(C)c1C. The van der Waals surface area contributed by atoms with Crippen LogP contribution >= 0.6 is 0 Å². The summed E-state index contributed by atoms with van der Waals surface area (Å²) in [5.41, 5.74) is 15.5. The summed E-state index contributed by atoms with van der Waals surface area (Å²) >= 11 is 0. The Balaban J connectivity index is 2.11. The van der Waals surface area contributed by atoms with Crippen LogP contribution in [0, 0.1) is 34.6 Å². The Labute approximate surface area is 132 Å². The quantitative estimate of drug-likeness (QED) is 0.911. The van der Waals surface area contributed by atoms with E-state index in [2.05, 4.69) is 34.6 Å². The number of hydrogen-bond donors (Lipinski definition) is 1. The number of nitrogens with two attached hydrogens (primary N) is 1. The van der Waals surface area contributed by atoms with E-state index in [9.17, 15) is 0 Å². The van der Waals surface area contributed by atoms with Crippen LogP contribution in [0.25, 0.3) is 0 Å². The maximum atomic E-state index is 6.60. The third kappa shape index (κ3) is 2.17. The Morgan fingerprint density at radius 2 is 1.36 bits per heavy atom. The Morgan fingerprint density at radius 1 is 0.818 bits per heavy atom. The summed E-state index contributed by atoms with van der Waals surface area (Å²) in [5, 5.41) is 0. The summed E-state index contributed by atoms with van der Waals surface area (Å²) in [6.45, 7) is 11.1. The van der Waals surface area contributed by atoms with Crippen LogP contribution in [0.15, 0.2) is 18.2 Å². The molecule has 3 heteroatoms. The van der Waals surface area contributed by atoms with Gasteiger partial charge in [-0.05, 0) is 85.7 Å². The highest BCUT2D eigenvalue weighted by atomic mass is 16.7. The first-order valence-corrected chi connectivity index (χ1v) is 7.63. The van der Waals surface area contributed by atoms with Gasteiger partial charge in [-0.15, -0.1) is 0 Å². The number of rotatable bonds is 2. The Bertz CT molecular complexity index is 721. The first kappa shape index (κ1) is 14.9. The van der Waals surface area contributed by atoms with Gasteiger partial charge in [0.15, 0.2) is 11.5 Å². The van der Waals surface area contributed by atoms with Crippen LogP contribution < -0.4 is 15.2 Å². The standard InChI is InChI=1S/C19H23NO2/c1-10-11(2)13(4)18(14(5)12(10)3)19(20)15-6-7-16-17(8-15)22-9-21-16/h6-8,19H,9,20H2,1-5H3.